The molecule has 0 spiro atoms. The van der Waals surface area contributed by atoms with Gasteiger partial charge in [0.15, 0.2) is 0 Å². The molecule has 3 N–H and O–H groups in total. The number of primary amides is 1. The minimum atomic E-state index is -0.321. The van der Waals surface area contributed by atoms with Gasteiger partial charge in [0, 0.05) is 13.1 Å². The zero-order valence-corrected chi connectivity index (χ0v) is 12.1. The van der Waals surface area contributed by atoms with Crippen LogP contribution in [0.1, 0.15) is 38.5 Å². The van der Waals surface area contributed by atoms with E-state index in [1.54, 1.807) is 0 Å². The summed E-state index contributed by atoms with van der Waals surface area (Å²) in [7, 11) is 0. The van der Waals surface area contributed by atoms with Crippen LogP contribution < -0.4 is 11.1 Å². The van der Waals surface area contributed by atoms with Crippen molar-refractivity contribution in [2.24, 2.45) is 11.7 Å². The van der Waals surface area contributed by atoms with Crippen LogP contribution in [0, 0.1) is 5.92 Å². The van der Waals surface area contributed by atoms with Gasteiger partial charge in [-0.1, -0.05) is 11.6 Å². The molecule has 1 saturated heterocycles. The van der Waals surface area contributed by atoms with Gasteiger partial charge in [0.2, 0.25) is 11.8 Å². The number of piperidine rings is 1. The molecule has 1 aliphatic carbocycles. The van der Waals surface area contributed by atoms with Crippen molar-refractivity contribution in [2.75, 3.05) is 26.2 Å². The number of nitrogens with two attached hydrogens (primary N) is 1. The highest BCUT2D eigenvalue weighted by Gasteiger charge is 2.26. The molecule has 1 aliphatic heterocycles. The maximum atomic E-state index is 12.2. The highest BCUT2D eigenvalue weighted by Crippen LogP contribution is 2.18. The SMILES string of the molecule is NC(=O)CN1CCC[C@H](C(=O)NCC2=CCCCC2)C1. The summed E-state index contributed by atoms with van der Waals surface area (Å²) in [6, 6.07) is 0. The van der Waals surface area contributed by atoms with Crippen LogP contribution in [-0.4, -0.2) is 42.9 Å². The van der Waals surface area contributed by atoms with Gasteiger partial charge in [-0.3, -0.25) is 14.5 Å². The monoisotopic (exact) mass is 279 g/mol. The molecule has 0 saturated carbocycles. The third-order valence-corrected chi connectivity index (χ3v) is 4.13. The summed E-state index contributed by atoms with van der Waals surface area (Å²) in [5, 5.41) is 3.05. The van der Waals surface area contributed by atoms with Gasteiger partial charge in [-0.15, -0.1) is 0 Å². The molecule has 20 heavy (non-hydrogen) atoms. The first-order valence-corrected chi connectivity index (χ1v) is 7.61. The molecule has 1 fully saturated rings. The highest BCUT2D eigenvalue weighted by molar-refractivity contribution is 5.79. The Morgan fingerprint density at radius 2 is 2.20 bits per heavy atom. The first-order valence-electron chi connectivity index (χ1n) is 7.61. The quantitative estimate of drug-likeness (QED) is 0.731. The van der Waals surface area contributed by atoms with Crippen molar-refractivity contribution in [3.8, 4) is 0 Å². The Morgan fingerprint density at radius 3 is 2.90 bits per heavy atom. The van der Waals surface area contributed by atoms with E-state index in [1.165, 1.54) is 18.4 Å². The fourth-order valence-corrected chi connectivity index (χ4v) is 3.04. The topological polar surface area (TPSA) is 75.4 Å². The third kappa shape index (κ3) is 4.63. The van der Waals surface area contributed by atoms with Crippen LogP contribution in [-0.2, 0) is 9.59 Å². The summed E-state index contributed by atoms with van der Waals surface area (Å²) in [6.07, 6.45) is 8.86. The van der Waals surface area contributed by atoms with Crippen LogP contribution in [0.3, 0.4) is 0 Å². The molecule has 2 aliphatic rings. The first-order chi connectivity index (χ1) is 9.65. The Balaban J connectivity index is 1.76. The van der Waals surface area contributed by atoms with E-state index in [-0.39, 0.29) is 24.3 Å². The average Bonchev–Trinajstić information content (AvgIpc) is 2.45. The number of carbonyl (C=O) groups is 2. The Bertz CT molecular complexity index is 393. The van der Waals surface area contributed by atoms with E-state index in [2.05, 4.69) is 11.4 Å². The molecular weight excluding hydrogens is 254 g/mol. The molecule has 0 aromatic heterocycles. The van der Waals surface area contributed by atoms with E-state index >= 15 is 0 Å². The van der Waals surface area contributed by atoms with Crippen molar-refractivity contribution in [3.63, 3.8) is 0 Å². The van der Waals surface area contributed by atoms with Gasteiger partial charge in [0.1, 0.15) is 0 Å². The van der Waals surface area contributed by atoms with Gasteiger partial charge in [-0.05, 0) is 45.1 Å². The average molecular weight is 279 g/mol. The predicted octanol–water partition coefficient (Wildman–Crippen LogP) is 0.800. The number of nitrogens with one attached hydrogen (secondary N) is 1. The summed E-state index contributed by atoms with van der Waals surface area (Å²) in [5.74, 6) is -0.212. The Kier molecular flexibility index (Phi) is 5.59. The second-order valence-electron chi connectivity index (χ2n) is 5.87. The van der Waals surface area contributed by atoms with E-state index in [0.29, 0.717) is 13.1 Å². The lowest BCUT2D eigenvalue weighted by Crippen LogP contribution is -2.46. The minimum absolute atomic E-state index is 0.00714. The molecule has 0 aromatic carbocycles. The summed E-state index contributed by atoms with van der Waals surface area (Å²) >= 11 is 0. The smallest absolute Gasteiger partial charge is 0.231 e. The number of allylic oxidation sites excluding steroid dienone is 1. The summed E-state index contributed by atoms with van der Waals surface area (Å²) in [6.45, 7) is 2.45. The lowest BCUT2D eigenvalue weighted by molar-refractivity contribution is -0.128. The zero-order chi connectivity index (χ0) is 14.4. The number of likely N-dealkylation sites (tertiary alicyclic amines) is 1. The van der Waals surface area contributed by atoms with E-state index in [9.17, 15) is 9.59 Å². The van der Waals surface area contributed by atoms with E-state index in [1.807, 2.05) is 4.90 Å². The summed E-state index contributed by atoms with van der Waals surface area (Å²) in [4.78, 5) is 25.1. The fraction of sp³-hybridized carbons (Fsp3) is 0.733. The molecule has 1 atom stereocenters. The van der Waals surface area contributed by atoms with Crippen molar-refractivity contribution >= 4 is 11.8 Å². The zero-order valence-electron chi connectivity index (χ0n) is 12.1. The maximum Gasteiger partial charge on any atom is 0.231 e. The van der Waals surface area contributed by atoms with Gasteiger partial charge in [-0.2, -0.15) is 0 Å². The molecule has 1 heterocycles. The molecule has 112 valence electrons. The van der Waals surface area contributed by atoms with Gasteiger partial charge in [-0.25, -0.2) is 0 Å². The molecule has 0 unspecified atom stereocenters. The van der Waals surface area contributed by atoms with Crippen molar-refractivity contribution in [1.29, 1.82) is 0 Å². The van der Waals surface area contributed by atoms with Crippen molar-refractivity contribution < 1.29 is 9.59 Å². The van der Waals surface area contributed by atoms with Gasteiger partial charge in [0.05, 0.1) is 12.5 Å². The molecule has 5 heteroatoms. The van der Waals surface area contributed by atoms with Crippen molar-refractivity contribution in [1.82, 2.24) is 10.2 Å². The number of rotatable bonds is 5. The number of hydrogen-bond donors (Lipinski definition) is 2. The first kappa shape index (κ1) is 15.0. The van der Waals surface area contributed by atoms with Gasteiger partial charge in [0.25, 0.3) is 0 Å². The predicted molar refractivity (Wildman–Crippen MR) is 77.9 cm³/mol. The lowest BCUT2D eigenvalue weighted by Gasteiger charge is -2.31. The fourth-order valence-electron chi connectivity index (χ4n) is 3.04. The number of carbonyl (C=O) groups excluding carboxylic acids is 2. The highest BCUT2D eigenvalue weighted by atomic mass is 16.2. The largest absolute Gasteiger partial charge is 0.369 e. The standard InChI is InChI=1S/C15H25N3O2/c16-14(19)11-18-8-4-7-13(10-18)15(20)17-9-12-5-2-1-3-6-12/h5,13H,1-4,6-11H2,(H2,16,19)(H,17,20)/t13-/m0/s1. The Morgan fingerprint density at radius 1 is 1.35 bits per heavy atom. The Hall–Kier alpha value is -1.36. The van der Waals surface area contributed by atoms with Crippen LogP contribution in [0.25, 0.3) is 0 Å². The molecular formula is C15H25N3O2. The van der Waals surface area contributed by atoms with Gasteiger partial charge < -0.3 is 11.1 Å². The van der Waals surface area contributed by atoms with E-state index in [4.69, 9.17) is 5.73 Å². The maximum absolute atomic E-state index is 12.2. The second-order valence-corrected chi connectivity index (χ2v) is 5.87. The number of nitrogens with zero attached hydrogens (tertiary/aromatic N) is 1. The number of hydrogen-bond acceptors (Lipinski definition) is 3. The molecule has 2 rings (SSSR count). The molecule has 0 aromatic rings. The lowest BCUT2D eigenvalue weighted by atomic mass is 9.96. The minimum Gasteiger partial charge on any atom is -0.369 e. The molecule has 0 bridgehead atoms. The summed E-state index contributed by atoms with van der Waals surface area (Å²) in [5.41, 5.74) is 6.57. The van der Waals surface area contributed by atoms with Crippen LogP contribution >= 0.6 is 0 Å². The van der Waals surface area contributed by atoms with Crippen LogP contribution in [0.15, 0.2) is 11.6 Å². The van der Waals surface area contributed by atoms with Crippen LogP contribution in [0.4, 0.5) is 0 Å². The van der Waals surface area contributed by atoms with E-state index in [0.717, 1.165) is 32.2 Å². The van der Waals surface area contributed by atoms with Crippen LogP contribution in [0.2, 0.25) is 0 Å². The van der Waals surface area contributed by atoms with Crippen molar-refractivity contribution in [2.45, 2.75) is 38.5 Å². The normalized spacial score (nSPS) is 24.0. The molecule has 5 nitrogen and oxygen atoms in total. The van der Waals surface area contributed by atoms with Gasteiger partial charge >= 0.3 is 0 Å². The number of amides is 2. The van der Waals surface area contributed by atoms with E-state index < -0.39 is 0 Å². The molecule has 0 radical (unpaired) electrons. The third-order valence-electron chi connectivity index (χ3n) is 4.13. The summed E-state index contributed by atoms with van der Waals surface area (Å²) < 4.78 is 0. The van der Waals surface area contributed by atoms with Crippen molar-refractivity contribution in [3.05, 3.63) is 11.6 Å². The Labute approximate surface area is 120 Å². The second kappa shape index (κ2) is 7.43. The molecule has 2 amide bonds. The van der Waals surface area contributed by atoms with Crippen LogP contribution in [0.5, 0.6) is 0 Å².